The van der Waals surface area contributed by atoms with Crippen molar-refractivity contribution in [3.8, 4) is 5.75 Å². The molecule has 1 aromatic rings. The van der Waals surface area contributed by atoms with Gasteiger partial charge in [-0.15, -0.1) is 0 Å². The summed E-state index contributed by atoms with van der Waals surface area (Å²) in [7, 11) is 1.48. The molecule has 0 aromatic heterocycles. The minimum absolute atomic E-state index is 0.0165. The van der Waals surface area contributed by atoms with Crippen molar-refractivity contribution in [3.63, 3.8) is 0 Å². The number of carbonyl (C=O) groups is 1. The molecule has 1 aliphatic heterocycles. The molecule has 2 atom stereocenters. The third-order valence-corrected chi connectivity index (χ3v) is 3.53. The summed E-state index contributed by atoms with van der Waals surface area (Å²) in [5.41, 5.74) is 0.356. The highest BCUT2D eigenvalue weighted by atomic mass is 19.1. The molecule has 0 spiro atoms. The van der Waals surface area contributed by atoms with Crippen LogP contribution in [-0.2, 0) is 4.74 Å². The number of halogens is 1. The molecule has 1 heterocycles. The van der Waals surface area contributed by atoms with Crippen LogP contribution in [0.1, 0.15) is 25.5 Å². The Hall–Kier alpha value is -1.82. The number of benzene rings is 1. The highest BCUT2D eigenvalue weighted by Crippen LogP contribution is 2.27. The van der Waals surface area contributed by atoms with Gasteiger partial charge in [0.1, 0.15) is 11.6 Å². The van der Waals surface area contributed by atoms with Gasteiger partial charge in [-0.2, -0.15) is 0 Å². The van der Waals surface area contributed by atoms with E-state index >= 15 is 0 Å². The van der Waals surface area contributed by atoms with Crippen LogP contribution in [0.4, 0.5) is 9.18 Å². The molecule has 2 unspecified atom stereocenters. The van der Waals surface area contributed by atoms with Gasteiger partial charge in [-0.1, -0.05) is 6.07 Å². The summed E-state index contributed by atoms with van der Waals surface area (Å²) >= 11 is 0. The van der Waals surface area contributed by atoms with E-state index in [0.29, 0.717) is 31.0 Å². The zero-order chi connectivity index (χ0) is 15.4. The van der Waals surface area contributed by atoms with Gasteiger partial charge < -0.3 is 19.7 Å². The quantitative estimate of drug-likeness (QED) is 0.931. The van der Waals surface area contributed by atoms with Crippen LogP contribution in [0, 0.1) is 5.82 Å². The summed E-state index contributed by atoms with van der Waals surface area (Å²) in [6.45, 7) is 5.25. The lowest BCUT2D eigenvalue weighted by molar-refractivity contribution is -0.00382. The average molecular weight is 296 g/mol. The lowest BCUT2D eigenvalue weighted by Crippen LogP contribution is -2.49. The number of nitrogens with one attached hydrogen (secondary N) is 1. The van der Waals surface area contributed by atoms with E-state index in [9.17, 15) is 9.18 Å². The Labute approximate surface area is 124 Å². The molecule has 0 aliphatic carbocycles. The highest BCUT2D eigenvalue weighted by Gasteiger charge is 2.24. The third kappa shape index (κ3) is 3.64. The van der Waals surface area contributed by atoms with E-state index < -0.39 is 11.9 Å². The molecule has 1 N–H and O–H groups in total. The second-order valence-electron chi connectivity index (χ2n) is 5.15. The topological polar surface area (TPSA) is 50.8 Å². The molecule has 2 amide bonds. The molecule has 116 valence electrons. The standard InChI is InChI=1S/C15H21FN2O3/c1-10-9-18(7-8-21-10)15(19)17-11(2)14-12(16)5-4-6-13(14)20-3/h4-6,10-11H,7-9H2,1-3H3,(H,17,19). The molecule has 1 aromatic carbocycles. The summed E-state index contributed by atoms with van der Waals surface area (Å²) < 4.78 is 24.5. The summed E-state index contributed by atoms with van der Waals surface area (Å²) in [6, 6.07) is 3.92. The molecular formula is C15H21FN2O3. The Bertz CT molecular complexity index is 510. The maximum atomic E-state index is 14.0. The molecule has 21 heavy (non-hydrogen) atoms. The van der Waals surface area contributed by atoms with E-state index in [0.717, 1.165) is 0 Å². The van der Waals surface area contributed by atoms with E-state index in [-0.39, 0.29) is 12.1 Å². The van der Waals surface area contributed by atoms with Crippen molar-refractivity contribution < 1.29 is 18.7 Å². The Kier molecular flexibility index (Phi) is 5.01. The van der Waals surface area contributed by atoms with Gasteiger partial charge >= 0.3 is 6.03 Å². The number of rotatable bonds is 3. The Morgan fingerprint density at radius 3 is 3.00 bits per heavy atom. The zero-order valence-electron chi connectivity index (χ0n) is 12.6. The fraction of sp³-hybridized carbons (Fsp3) is 0.533. The largest absolute Gasteiger partial charge is 0.496 e. The maximum absolute atomic E-state index is 14.0. The highest BCUT2D eigenvalue weighted by molar-refractivity contribution is 5.75. The number of carbonyl (C=O) groups excluding carboxylic acids is 1. The summed E-state index contributed by atoms with van der Waals surface area (Å²) in [6.07, 6.45) is 0.0165. The third-order valence-electron chi connectivity index (χ3n) is 3.53. The van der Waals surface area contributed by atoms with Crippen molar-refractivity contribution in [2.24, 2.45) is 0 Å². The van der Waals surface area contributed by atoms with Gasteiger partial charge in [-0.3, -0.25) is 0 Å². The lowest BCUT2D eigenvalue weighted by Gasteiger charge is -2.32. The smallest absolute Gasteiger partial charge is 0.318 e. The molecule has 5 nitrogen and oxygen atoms in total. The number of amides is 2. The molecule has 0 saturated carbocycles. The van der Waals surface area contributed by atoms with Gasteiger partial charge in [0.25, 0.3) is 0 Å². The van der Waals surface area contributed by atoms with Gasteiger partial charge in [0.05, 0.1) is 31.4 Å². The van der Waals surface area contributed by atoms with Crippen molar-refractivity contribution in [1.82, 2.24) is 10.2 Å². The molecule has 0 radical (unpaired) electrons. The summed E-state index contributed by atoms with van der Waals surface area (Å²) in [5, 5.41) is 2.81. The van der Waals surface area contributed by atoms with Crippen LogP contribution in [-0.4, -0.2) is 43.8 Å². The second-order valence-corrected chi connectivity index (χ2v) is 5.15. The van der Waals surface area contributed by atoms with E-state index in [2.05, 4.69) is 5.32 Å². The first-order chi connectivity index (χ1) is 10.0. The van der Waals surface area contributed by atoms with Crippen molar-refractivity contribution in [3.05, 3.63) is 29.6 Å². The molecule has 2 rings (SSSR count). The van der Waals surface area contributed by atoms with Crippen LogP contribution in [0.2, 0.25) is 0 Å². The molecule has 6 heteroatoms. The van der Waals surface area contributed by atoms with Crippen LogP contribution in [0.15, 0.2) is 18.2 Å². The summed E-state index contributed by atoms with van der Waals surface area (Å²) in [5.74, 6) is 0.0376. The average Bonchev–Trinajstić information content (AvgIpc) is 2.46. The SMILES string of the molecule is COc1cccc(F)c1C(C)NC(=O)N1CCOC(C)C1. The predicted octanol–water partition coefficient (Wildman–Crippen LogP) is 2.33. The number of morpholine rings is 1. The van der Waals surface area contributed by atoms with E-state index in [4.69, 9.17) is 9.47 Å². The predicted molar refractivity (Wildman–Crippen MR) is 76.9 cm³/mol. The van der Waals surface area contributed by atoms with Crippen LogP contribution in [0.5, 0.6) is 5.75 Å². The van der Waals surface area contributed by atoms with Crippen molar-refractivity contribution in [1.29, 1.82) is 0 Å². The van der Waals surface area contributed by atoms with Gasteiger partial charge in [0.15, 0.2) is 0 Å². The second kappa shape index (κ2) is 6.76. The van der Waals surface area contributed by atoms with Gasteiger partial charge in [-0.25, -0.2) is 9.18 Å². The number of nitrogens with zero attached hydrogens (tertiary/aromatic N) is 1. The van der Waals surface area contributed by atoms with Gasteiger partial charge in [-0.05, 0) is 26.0 Å². The first-order valence-corrected chi connectivity index (χ1v) is 7.02. The van der Waals surface area contributed by atoms with Gasteiger partial charge in [0.2, 0.25) is 0 Å². The first-order valence-electron chi connectivity index (χ1n) is 7.02. The monoisotopic (exact) mass is 296 g/mol. The molecule has 0 bridgehead atoms. The molecule has 1 saturated heterocycles. The summed E-state index contributed by atoms with van der Waals surface area (Å²) in [4.78, 5) is 13.9. The van der Waals surface area contributed by atoms with Crippen LogP contribution >= 0.6 is 0 Å². The minimum Gasteiger partial charge on any atom is -0.496 e. The number of methoxy groups -OCH3 is 1. The van der Waals surface area contributed by atoms with Crippen molar-refractivity contribution in [2.45, 2.75) is 26.0 Å². The van der Waals surface area contributed by atoms with Crippen molar-refractivity contribution in [2.75, 3.05) is 26.8 Å². The van der Waals surface area contributed by atoms with E-state index in [1.165, 1.54) is 13.2 Å². The zero-order valence-corrected chi connectivity index (χ0v) is 12.6. The molecular weight excluding hydrogens is 275 g/mol. The van der Waals surface area contributed by atoms with E-state index in [1.807, 2.05) is 6.92 Å². The van der Waals surface area contributed by atoms with Crippen LogP contribution in [0.25, 0.3) is 0 Å². The Balaban J connectivity index is 2.07. The first kappa shape index (κ1) is 15.6. The van der Waals surface area contributed by atoms with Crippen molar-refractivity contribution >= 4 is 6.03 Å². The Morgan fingerprint density at radius 2 is 2.33 bits per heavy atom. The minimum atomic E-state index is -0.480. The van der Waals surface area contributed by atoms with Crippen LogP contribution < -0.4 is 10.1 Å². The number of hydrogen-bond acceptors (Lipinski definition) is 3. The maximum Gasteiger partial charge on any atom is 0.318 e. The number of hydrogen-bond donors (Lipinski definition) is 1. The van der Waals surface area contributed by atoms with E-state index in [1.54, 1.807) is 24.0 Å². The molecule has 1 fully saturated rings. The van der Waals surface area contributed by atoms with Crippen LogP contribution in [0.3, 0.4) is 0 Å². The lowest BCUT2D eigenvalue weighted by atomic mass is 10.1. The Morgan fingerprint density at radius 1 is 1.57 bits per heavy atom. The molecule has 1 aliphatic rings. The number of urea groups is 1. The fourth-order valence-corrected chi connectivity index (χ4v) is 2.47. The number of ether oxygens (including phenoxy) is 2. The fourth-order valence-electron chi connectivity index (χ4n) is 2.47. The van der Waals surface area contributed by atoms with Gasteiger partial charge in [0, 0.05) is 13.1 Å². The normalized spacial score (nSPS) is 20.0.